The lowest BCUT2D eigenvalue weighted by Crippen LogP contribution is -2.27. The van der Waals surface area contributed by atoms with Gasteiger partial charge in [0.25, 0.3) is 5.56 Å². The van der Waals surface area contributed by atoms with Gasteiger partial charge in [0.05, 0.1) is 12.1 Å². The van der Waals surface area contributed by atoms with Crippen molar-refractivity contribution in [1.82, 2.24) is 9.38 Å². The smallest absolute Gasteiger partial charge is 0.259 e. The van der Waals surface area contributed by atoms with Crippen LogP contribution < -0.4 is 10.5 Å². The summed E-state index contributed by atoms with van der Waals surface area (Å²) in [5.41, 5.74) is 0.770. The number of benzene rings is 1. The molecule has 0 bridgehead atoms. The van der Waals surface area contributed by atoms with Gasteiger partial charge in [0.15, 0.2) is 11.6 Å². The average Bonchev–Trinajstić information content (AvgIpc) is 2.99. The number of hydrogen-bond donors (Lipinski definition) is 1. The average molecular weight is 343 g/mol. The van der Waals surface area contributed by atoms with Crippen molar-refractivity contribution in [3.05, 3.63) is 76.2 Å². The molecule has 25 heavy (non-hydrogen) atoms. The Hall–Kier alpha value is -2.80. The zero-order valence-electron chi connectivity index (χ0n) is 13.1. The number of halogens is 2. The Morgan fingerprint density at radius 2 is 1.96 bits per heavy atom. The van der Waals surface area contributed by atoms with E-state index in [4.69, 9.17) is 0 Å². The van der Waals surface area contributed by atoms with Gasteiger partial charge in [0.2, 0.25) is 0 Å². The molecule has 0 aliphatic carbocycles. The normalized spacial score (nSPS) is 20.4. The highest BCUT2D eigenvalue weighted by Gasteiger charge is 2.33. The van der Waals surface area contributed by atoms with Gasteiger partial charge in [-0.3, -0.25) is 9.20 Å². The summed E-state index contributed by atoms with van der Waals surface area (Å²) < 4.78 is 28.2. The lowest BCUT2D eigenvalue weighted by molar-refractivity contribution is 0.194. The third kappa shape index (κ3) is 2.76. The van der Waals surface area contributed by atoms with Crippen molar-refractivity contribution in [2.24, 2.45) is 0 Å². The number of aliphatic hydroxyl groups is 1. The van der Waals surface area contributed by atoms with Gasteiger partial charge >= 0.3 is 0 Å². The second kappa shape index (κ2) is 5.93. The zero-order valence-corrected chi connectivity index (χ0v) is 13.1. The van der Waals surface area contributed by atoms with Gasteiger partial charge in [-0.25, -0.2) is 13.8 Å². The Morgan fingerprint density at radius 1 is 1.12 bits per heavy atom. The Balaban J connectivity index is 1.79. The van der Waals surface area contributed by atoms with Crippen molar-refractivity contribution >= 4 is 11.5 Å². The van der Waals surface area contributed by atoms with Crippen LogP contribution in [0.1, 0.15) is 18.0 Å². The summed E-state index contributed by atoms with van der Waals surface area (Å²) in [7, 11) is 0. The van der Waals surface area contributed by atoms with Gasteiger partial charge in [-0.2, -0.15) is 0 Å². The molecule has 2 atom stereocenters. The molecular weight excluding hydrogens is 328 g/mol. The monoisotopic (exact) mass is 343 g/mol. The van der Waals surface area contributed by atoms with Gasteiger partial charge in [-0.1, -0.05) is 12.1 Å². The predicted molar refractivity (Wildman–Crippen MR) is 88.5 cm³/mol. The minimum absolute atomic E-state index is 0.244. The second-order valence-electron chi connectivity index (χ2n) is 6.11. The molecule has 1 fully saturated rings. The lowest BCUT2D eigenvalue weighted by atomic mass is 10.0. The molecule has 0 saturated carbocycles. The second-order valence-corrected chi connectivity index (χ2v) is 6.11. The molecule has 7 heteroatoms. The van der Waals surface area contributed by atoms with Crippen LogP contribution >= 0.6 is 0 Å². The van der Waals surface area contributed by atoms with Gasteiger partial charge in [-0.15, -0.1) is 0 Å². The van der Waals surface area contributed by atoms with Crippen molar-refractivity contribution in [2.75, 3.05) is 11.4 Å². The number of pyridine rings is 1. The van der Waals surface area contributed by atoms with E-state index in [9.17, 15) is 18.7 Å². The number of anilines is 1. The topological polar surface area (TPSA) is 57.8 Å². The van der Waals surface area contributed by atoms with E-state index < -0.39 is 17.7 Å². The molecule has 0 spiro atoms. The van der Waals surface area contributed by atoms with Crippen molar-refractivity contribution < 1.29 is 13.9 Å². The molecule has 1 saturated heterocycles. The van der Waals surface area contributed by atoms with Crippen LogP contribution in [-0.4, -0.2) is 27.1 Å². The van der Waals surface area contributed by atoms with E-state index in [2.05, 4.69) is 4.98 Å². The van der Waals surface area contributed by atoms with Crippen LogP contribution in [0.15, 0.2) is 53.5 Å². The number of aromatic nitrogens is 2. The zero-order chi connectivity index (χ0) is 17.6. The van der Waals surface area contributed by atoms with Crippen molar-refractivity contribution in [3.8, 4) is 0 Å². The molecule has 1 aliphatic rings. The molecule has 4 rings (SSSR count). The number of nitrogens with zero attached hydrogens (tertiary/aromatic N) is 3. The van der Waals surface area contributed by atoms with E-state index in [0.717, 1.165) is 12.1 Å². The number of fused-ring (bicyclic) bond motifs is 1. The fraction of sp³-hybridized carbons (Fsp3) is 0.222. The summed E-state index contributed by atoms with van der Waals surface area (Å²) in [6.45, 7) is 0.263. The summed E-state index contributed by atoms with van der Waals surface area (Å²) in [5.74, 6) is -1.45. The van der Waals surface area contributed by atoms with E-state index in [1.54, 1.807) is 29.3 Å². The molecule has 1 aliphatic heterocycles. The van der Waals surface area contributed by atoms with Crippen molar-refractivity contribution in [3.63, 3.8) is 0 Å². The number of aliphatic hydroxyl groups excluding tert-OH is 1. The Labute approximate surface area is 141 Å². The molecular formula is C18H15F2N3O2. The van der Waals surface area contributed by atoms with E-state index in [-0.39, 0.29) is 18.1 Å². The van der Waals surface area contributed by atoms with Gasteiger partial charge in [-0.05, 0) is 36.2 Å². The van der Waals surface area contributed by atoms with Crippen LogP contribution in [0.3, 0.4) is 0 Å². The van der Waals surface area contributed by atoms with E-state index in [0.29, 0.717) is 23.4 Å². The highest BCUT2D eigenvalue weighted by atomic mass is 19.2. The molecule has 0 amide bonds. The molecule has 128 valence electrons. The summed E-state index contributed by atoms with van der Waals surface area (Å²) in [6.07, 6.45) is 1.33. The van der Waals surface area contributed by atoms with Crippen LogP contribution in [-0.2, 0) is 0 Å². The molecule has 0 radical (unpaired) electrons. The fourth-order valence-corrected chi connectivity index (χ4v) is 3.29. The summed E-state index contributed by atoms with van der Waals surface area (Å²) in [5, 5.41) is 10.1. The largest absolute Gasteiger partial charge is 0.391 e. The molecule has 2 aromatic heterocycles. The first kappa shape index (κ1) is 15.7. The number of hydrogen-bond acceptors (Lipinski definition) is 4. The van der Waals surface area contributed by atoms with Gasteiger partial charge < -0.3 is 10.0 Å². The third-order valence-electron chi connectivity index (χ3n) is 4.46. The van der Waals surface area contributed by atoms with Crippen LogP contribution in [0.25, 0.3) is 5.65 Å². The number of β-amino-alcohol motifs (C(OH)–C–C–N with tert-alkyl or cyclic N) is 1. The van der Waals surface area contributed by atoms with Crippen LogP contribution in [0, 0.1) is 11.6 Å². The fourth-order valence-electron chi connectivity index (χ4n) is 3.29. The van der Waals surface area contributed by atoms with E-state index in [1.165, 1.54) is 16.5 Å². The van der Waals surface area contributed by atoms with Crippen molar-refractivity contribution in [1.29, 1.82) is 0 Å². The first-order chi connectivity index (χ1) is 12.0. The highest BCUT2D eigenvalue weighted by molar-refractivity contribution is 5.51. The standard InChI is InChI=1S/C18H15F2N3O2/c19-13-5-4-11(7-14(13)20)15-8-12(24)10-23(15)17-9-18(25)22-6-2-1-3-16(22)21-17/h1-7,9,12,15,24H,8,10H2/t12-,15+/m0/s1. The molecule has 1 N–H and O–H groups in total. The van der Waals surface area contributed by atoms with Crippen LogP contribution in [0.5, 0.6) is 0 Å². The van der Waals surface area contributed by atoms with E-state index in [1.807, 2.05) is 0 Å². The molecule has 1 aromatic carbocycles. The quantitative estimate of drug-likeness (QED) is 0.776. The number of rotatable bonds is 2. The minimum Gasteiger partial charge on any atom is -0.391 e. The first-order valence-corrected chi connectivity index (χ1v) is 7.91. The minimum atomic E-state index is -0.939. The maximum Gasteiger partial charge on any atom is 0.259 e. The molecule has 3 aromatic rings. The molecule has 0 unspecified atom stereocenters. The Bertz CT molecular complexity index is 1010. The maximum atomic E-state index is 13.6. The molecule has 3 heterocycles. The van der Waals surface area contributed by atoms with Crippen molar-refractivity contribution in [2.45, 2.75) is 18.6 Å². The van der Waals surface area contributed by atoms with Crippen LogP contribution in [0.2, 0.25) is 0 Å². The first-order valence-electron chi connectivity index (χ1n) is 7.91. The van der Waals surface area contributed by atoms with Gasteiger partial charge in [0.1, 0.15) is 11.5 Å². The predicted octanol–water partition coefficient (Wildman–Crippen LogP) is 2.29. The lowest BCUT2D eigenvalue weighted by Gasteiger charge is -2.26. The Morgan fingerprint density at radius 3 is 2.76 bits per heavy atom. The SMILES string of the molecule is O=c1cc(N2C[C@@H](O)C[C@@H]2c2ccc(F)c(F)c2)nc2ccccn12. The summed E-state index contributed by atoms with van der Waals surface area (Å²) in [4.78, 5) is 18.5. The maximum absolute atomic E-state index is 13.6. The van der Waals surface area contributed by atoms with Crippen LogP contribution in [0.4, 0.5) is 14.6 Å². The van der Waals surface area contributed by atoms with Gasteiger partial charge in [0, 0.05) is 18.8 Å². The highest BCUT2D eigenvalue weighted by Crippen LogP contribution is 2.35. The summed E-state index contributed by atoms with van der Waals surface area (Å²) in [6, 6.07) is 9.90. The van der Waals surface area contributed by atoms with E-state index >= 15 is 0 Å². The Kier molecular flexibility index (Phi) is 3.73. The summed E-state index contributed by atoms with van der Waals surface area (Å²) >= 11 is 0. The third-order valence-corrected chi connectivity index (χ3v) is 4.46. The molecule has 5 nitrogen and oxygen atoms in total.